The molecule has 3 N–H and O–H groups in total. The van der Waals surface area contributed by atoms with Crippen LogP contribution in [0.15, 0.2) is 30.4 Å². The van der Waals surface area contributed by atoms with Crippen molar-refractivity contribution in [1.82, 2.24) is 0 Å². The zero-order valence-corrected chi connectivity index (χ0v) is 11.4. The number of nitrogens with one attached hydrogen (secondary N) is 1. The van der Waals surface area contributed by atoms with Gasteiger partial charge in [-0.25, -0.2) is 0 Å². The summed E-state index contributed by atoms with van der Waals surface area (Å²) >= 11 is 0. The number of nitrogens with zero attached hydrogens (tertiary/aromatic N) is 1. The summed E-state index contributed by atoms with van der Waals surface area (Å²) in [5.41, 5.74) is -0.399. The number of benzene rings is 1. The molecule has 1 aliphatic carbocycles. The number of hydrogen-bond acceptors (Lipinski definition) is 5. The third-order valence-electron chi connectivity index (χ3n) is 3.54. The van der Waals surface area contributed by atoms with Crippen molar-refractivity contribution in [3.63, 3.8) is 0 Å². The molecular weight excluding hydrogens is 292 g/mol. The highest BCUT2D eigenvalue weighted by Gasteiger charge is 2.34. The lowest BCUT2D eigenvalue weighted by atomic mass is 9.82. The molecule has 0 radical (unpaired) electrons. The highest BCUT2D eigenvalue weighted by Crippen LogP contribution is 2.31. The zero-order chi connectivity index (χ0) is 16.3. The third-order valence-corrected chi connectivity index (χ3v) is 3.54. The van der Waals surface area contributed by atoms with Crippen molar-refractivity contribution >= 4 is 23.3 Å². The molecule has 1 aromatic carbocycles. The number of anilines is 1. The van der Waals surface area contributed by atoms with E-state index in [2.05, 4.69) is 5.32 Å². The summed E-state index contributed by atoms with van der Waals surface area (Å²) in [6, 6.07) is 3.24. The zero-order valence-electron chi connectivity index (χ0n) is 11.4. The summed E-state index contributed by atoms with van der Waals surface area (Å²) in [4.78, 5) is 33.5. The number of allylic oxidation sites excluding steroid dienone is 2. The first kappa shape index (κ1) is 15.5. The highest BCUT2D eigenvalue weighted by atomic mass is 16.6. The van der Waals surface area contributed by atoms with Crippen molar-refractivity contribution in [3.05, 3.63) is 40.5 Å². The van der Waals surface area contributed by atoms with E-state index in [1.807, 2.05) is 0 Å². The molecule has 116 valence electrons. The quantitative estimate of drug-likeness (QED) is 0.337. The SMILES string of the molecule is O=C(O)C1CC=CCC1C(=O)Nc1cc([N+](=O)[O-])ccc1O. The predicted octanol–water partition coefficient (Wildman–Crippen LogP) is 1.91. The van der Waals surface area contributed by atoms with Crippen LogP contribution in [0.25, 0.3) is 0 Å². The molecule has 8 nitrogen and oxygen atoms in total. The third kappa shape index (κ3) is 3.22. The Labute approximate surface area is 125 Å². The molecule has 0 bridgehead atoms. The molecular formula is C14H14N2O6. The predicted molar refractivity (Wildman–Crippen MR) is 76.4 cm³/mol. The molecule has 1 amide bonds. The molecule has 0 spiro atoms. The van der Waals surface area contributed by atoms with E-state index in [-0.39, 0.29) is 30.0 Å². The number of aliphatic carboxylic acids is 1. The maximum atomic E-state index is 12.2. The van der Waals surface area contributed by atoms with E-state index < -0.39 is 28.6 Å². The average Bonchev–Trinajstić information content (AvgIpc) is 2.49. The first-order valence-corrected chi connectivity index (χ1v) is 6.56. The van der Waals surface area contributed by atoms with Crippen LogP contribution in [0.4, 0.5) is 11.4 Å². The van der Waals surface area contributed by atoms with Gasteiger partial charge in [0.05, 0.1) is 22.4 Å². The van der Waals surface area contributed by atoms with Crippen molar-refractivity contribution in [1.29, 1.82) is 0 Å². The second kappa shape index (κ2) is 6.25. The molecule has 2 unspecified atom stereocenters. The number of nitro groups is 1. The number of non-ortho nitro benzene ring substituents is 1. The lowest BCUT2D eigenvalue weighted by molar-refractivity contribution is -0.384. The van der Waals surface area contributed by atoms with Gasteiger partial charge in [-0.3, -0.25) is 19.7 Å². The van der Waals surface area contributed by atoms with Crippen LogP contribution in [0.5, 0.6) is 5.75 Å². The highest BCUT2D eigenvalue weighted by molar-refractivity contribution is 5.96. The maximum absolute atomic E-state index is 12.2. The van der Waals surface area contributed by atoms with E-state index >= 15 is 0 Å². The van der Waals surface area contributed by atoms with Crippen LogP contribution >= 0.6 is 0 Å². The summed E-state index contributed by atoms with van der Waals surface area (Å²) in [5, 5.41) is 31.9. The van der Waals surface area contributed by atoms with Crippen LogP contribution in [0.2, 0.25) is 0 Å². The van der Waals surface area contributed by atoms with Gasteiger partial charge >= 0.3 is 5.97 Å². The van der Waals surface area contributed by atoms with Gasteiger partial charge in [-0.15, -0.1) is 0 Å². The normalized spacial score (nSPS) is 20.4. The number of carboxylic acid groups (broad SMARTS) is 1. The molecule has 8 heteroatoms. The van der Waals surface area contributed by atoms with Gasteiger partial charge in [0.25, 0.3) is 5.69 Å². The Kier molecular flexibility index (Phi) is 4.40. The summed E-state index contributed by atoms with van der Waals surface area (Å²) in [5.74, 6) is -3.63. The fourth-order valence-electron chi connectivity index (χ4n) is 2.34. The topological polar surface area (TPSA) is 130 Å². The molecule has 2 rings (SSSR count). The van der Waals surface area contributed by atoms with E-state index in [1.165, 1.54) is 0 Å². The lowest BCUT2D eigenvalue weighted by Crippen LogP contribution is -2.34. The maximum Gasteiger partial charge on any atom is 0.307 e. The number of hydrogen-bond donors (Lipinski definition) is 3. The van der Waals surface area contributed by atoms with Gasteiger partial charge < -0.3 is 15.5 Å². The Hall–Kier alpha value is -2.90. The van der Waals surface area contributed by atoms with Crippen molar-refractivity contribution < 1.29 is 24.7 Å². The average molecular weight is 306 g/mol. The number of aromatic hydroxyl groups is 1. The standard InChI is InChI=1S/C14H14N2O6/c17-12-6-5-8(16(21)22)7-11(12)15-13(18)9-3-1-2-4-10(9)14(19)20/h1-2,5-7,9-10,17H,3-4H2,(H,15,18)(H,19,20). The lowest BCUT2D eigenvalue weighted by Gasteiger charge is -2.24. The first-order chi connectivity index (χ1) is 10.4. The van der Waals surface area contributed by atoms with Crippen LogP contribution in [0.1, 0.15) is 12.8 Å². The van der Waals surface area contributed by atoms with E-state index in [1.54, 1.807) is 12.2 Å². The van der Waals surface area contributed by atoms with Crippen LogP contribution in [-0.2, 0) is 9.59 Å². The Morgan fingerprint density at radius 3 is 2.45 bits per heavy atom. The van der Waals surface area contributed by atoms with Gasteiger partial charge in [0.2, 0.25) is 5.91 Å². The number of rotatable bonds is 4. The molecule has 0 aromatic heterocycles. The Balaban J connectivity index is 2.21. The number of carbonyl (C=O) groups is 2. The van der Waals surface area contributed by atoms with Crippen molar-refractivity contribution in [2.75, 3.05) is 5.32 Å². The second-order valence-corrected chi connectivity index (χ2v) is 4.94. The van der Waals surface area contributed by atoms with E-state index in [4.69, 9.17) is 5.11 Å². The molecule has 0 heterocycles. The first-order valence-electron chi connectivity index (χ1n) is 6.56. The molecule has 1 aliphatic rings. The Morgan fingerprint density at radius 1 is 1.23 bits per heavy atom. The van der Waals surface area contributed by atoms with Crippen LogP contribution in [0, 0.1) is 22.0 Å². The molecule has 0 fully saturated rings. The number of phenolic OH excluding ortho intramolecular Hbond substituents is 1. The minimum atomic E-state index is -1.08. The second-order valence-electron chi connectivity index (χ2n) is 4.94. The van der Waals surface area contributed by atoms with Gasteiger partial charge in [0, 0.05) is 12.1 Å². The largest absolute Gasteiger partial charge is 0.506 e. The van der Waals surface area contributed by atoms with E-state index in [0.717, 1.165) is 18.2 Å². The monoisotopic (exact) mass is 306 g/mol. The number of nitro benzene ring substituents is 1. The van der Waals surface area contributed by atoms with Gasteiger partial charge in [-0.05, 0) is 18.9 Å². The van der Waals surface area contributed by atoms with Crippen molar-refractivity contribution in [2.24, 2.45) is 11.8 Å². The molecule has 0 saturated carbocycles. The van der Waals surface area contributed by atoms with Gasteiger partial charge in [0.15, 0.2) is 0 Å². The van der Waals surface area contributed by atoms with Gasteiger partial charge in [0.1, 0.15) is 5.75 Å². The van der Waals surface area contributed by atoms with Gasteiger partial charge in [-0.1, -0.05) is 12.2 Å². The minimum absolute atomic E-state index is 0.113. The van der Waals surface area contributed by atoms with Crippen LogP contribution in [-0.4, -0.2) is 27.0 Å². The van der Waals surface area contributed by atoms with E-state index in [9.17, 15) is 24.8 Å². The van der Waals surface area contributed by atoms with Crippen molar-refractivity contribution in [3.8, 4) is 5.75 Å². The smallest absolute Gasteiger partial charge is 0.307 e. The van der Waals surface area contributed by atoms with Crippen LogP contribution < -0.4 is 5.32 Å². The number of carbonyl (C=O) groups excluding carboxylic acids is 1. The van der Waals surface area contributed by atoms with Gasteiger partial charge in [-0.2, -0.15) is 0 Å². The molecule has 2 atom stereocenters. The molecule has 0 saturated heterocycles. The molecule has 22 heavy (non-hydrogen) atoms. The summed E-state index contributed by atoms with van der Waals surface area (Å²) in [7, 11) is 0. The fraction of sp³-hybridized carbons (Fsp3) is 0.286. The summed E-state index contributed by atoms with van der Waals surface area (Å²) in [6.07, 6.45) is 3.93. The summed E-state index contributed by atoms with van der Waals surface area (Å²) < 4.78 is 0. The molecule has 1 aromatic rings. The van der Waals surface area contributed by atoms with E-state index in [0.29, 0.717) is 0 Å². The number of amides is 1. The number of carboxylic acids is 1. The van der Waals surface area contributed by atoms with Crippen LogP contribution in [0.3, 0.4) is 0 Å². The Morgan fingerprint density at radius 2 is 1.86 bits per heavy atom. The molecule has 0 aliphatic heterocycles. The summed E-state index contributed by atoms with van der Waals surface area (Å²) in [6.45, 7) is 0. The Bertz CT molecular complexity index is 655. The number of phenols is 1. The fourth-order valence-corrected chi connectivity index (χ4v) is 2.34. The van der Waals surface area contributed by atoms with Crippen molar-refractivity contribution in [2.45, 2.75) is 12.8 Å². The minimum Gasteiger partial charge on any atom is -0.506 e.